The third-order valence-corrected chi connectivity index (χ3v) is 3.40. The molecule has 0 radical (unpaired) electrons. The number of aryl methyl sites for hydroxylation is 1. The Morgan fingerprint density at radius 3 is 3.00 bits per heavy atom. The number of nitrogens with one attached hydrogen (secondary N) is 1. The minimum atomic E-state index is -0.280. The lowest BCUT2D eigenvalue weighted by atomic mass is 10.2. The maximum absolute atomic E-state index is 11.7. The highest BCUT2D eigenvalue weighted by atomic mass is 32.2. The zero-order chi connectivity index (χ0) is 14.4. The lowest BCUT2D eigenvalue weighted by Crippen LogP contribution is -2.07. The molecular weight excluding hydrogens is 274 g/mol. The first-order chi connectivity index (χ1) is 9.66. The third kappa shape index (κ3) is 3.93. The van der Waals surface area contributed by atoms with Crippen molar-refractivity contribution in [1.82, 2.24) is 0 Å². The number of hydrogen-bond donors (Lipinski definition) is 2. The normalized spacial score (nSPS) is 10.8. The first kappa shape index (κ1) is 14.3. The van der Waals surface area contributed by atoms with Crippen LogP contribution in [0.4, 0.5) is 5.69 Å². The molecule has 2 aromatic rings. The summed E-state index contributed by atoms with van der Waals surface area (Å²) in [5.41, 5.74) is 1.13. The van der Waals surface area contributed by atoms with E-state index in [9.17, 15) is 9.90 Å². The second-order valence-corrected chi connectivity index (χ2v) is 5.05. The van der Waals surface area contributed by atoms with E-state index in [0.29, 0.717) is 11.4 Å². The van der Waals surface area contributed by atoms with Crippen LogP contribution in [0.5, 0.6) is 5.75 Å². The number of aromatic hydroxyl groups is 1. The van der Waals surface area contributed by atoms with Crippen LogP contribution in [0.2, 0.25) is 0 Å². The molecule has 2 rings (SSSR count). The Morgan fingerprint density at radius 2 is 2.25 bits per heavy atom. The minimum absolute atomic E-state index is 0.0949. The standard InChI is InChI=1S/C15H15NO3S/c1-11-4-2-6-13(15(11)18)16-14(17)7-9-20-10-12-5-3-8-19-12/h2-9,18H,10H2,1H3,(H,16,17). The molecule has 1 aromatic carbocycles. The van der Waals surface area contributed by atoms with Gasteiger partial charge in [-0.25, -0.2) is 0 Å². The van der Waals surface area contributed by atoms with Gasteiger partial charge >= 0.3 is 0 Å². The minimum Gasteiger partial charge on any atom is -0.505 e. The van der Waals surface area contributed by atoms with Crippen LogP contribution in [0, 0.1) is 6.92 Å². The SMILES string of the molecule is Cc1cccc(NC(=O)C=CSCc2ccco2)c1O. The number of furan rings is 1. The van der Waals surface area contributed by atoms with Crippen molar-refractivity contribution in [2.24, 2.45) is 0 Å². The molecule has 2 N–H and O–H groups in total. The number of hydrogen-bond acceptors (Lipinski definition) is 4. The van der Waals surface area contributed by atoms with Gasteiger partial charge in [0.05, 0.1) is 17.7 Å². The zero-order valence-corrected chi connectivity index (χ0v) is 11.8. The van der Waals surface area contributed by atoms with Gasteiger partial charge in [-0.2, -0.15) is 0 Å². The average Bonchev–Trinajstić information content (AvgIpc) is 2.93. The summed E-state index contributed by atoms with van der Waals surface area (Å²) in [4.78, 5) is 11.7. The summed E-state index contributed by atoms with van der Waals surface area (Å²) in [6.45, 7) is 1.78. The van der Waals surface area contributed by atoms with Crippen molar-refractivity contribution in [2.75, 3.05) is 5.32 Å². The molecule has 0 saturated heterocycles. The van der Waals surface area contributed by atoms with Crippen LogP contribution in [-0.4, -0.2) is 11.0 Å². The summed E-state index contributed by atoms with van der Waals surface area (Å²) in [6, 6.07) is 8.92. The van der Waals surface area contributed by atoms with Crippen LogP contribution in [0.3, 0.4) is 0 Å². The number of rotatable bonds is 5. The van der Waals surface area contributed by atoms with Gasteiger partial charge in [0, 0.05) is 6.08 Å². The Hall–Kier alpha value is -2.14. The fourth-order valence-corrected chi connectivity index (χ4v) is 2.21. The van der Waals surface area contributed by atoms with Gasteiger partial charge in [0.2, 0.25) is 5.91 Å². The van der Waals surface area contributed by atoms with E-state index in [1.165, 1.54) is 17.8 Å². The summed E-state index contributed by atoms with van der Waals surface area (Å²) < 4.78 is 5.18. The summed E-state index contributed by atoms with van der Waals surface area (Å²) in [7, 11) is 0. The second-order valence-electron chi connectivity index (χ2n) is 4.15. The Balaban J connectivity index is 1.84. The van der Waals surface area contributed by atoms with Gasteiger partial charge in [0.1, 0.15) is 11.5 Å². The van der Waals surface area contributed by atoms with E-state index < -0.39 is 0 Å². The highest BCUT2D eigenvalue weighted by molar-refractivity contribution is 8.01. The van der Waals surface area contributed by atoms with Gasteiger partial charge in [-0.05, 0) is 36.1 Å². The first-order valence-electron chi connectivity index (χ1n) is 6.07. The predicted octanol–water partition coefficient (Wildman–Crippen LogP) is 3.68. The van der Waals surface area contributed by atoms with Crippen molar-refractivity contribution >= 4 is 23.4 Å². The molecule has 0 unspecified atom stereocenters. The fraction of sp³-hybridized carbons (Fsp3) is 0.133. The van der Waals surface area contributed by atoms with Gasteiger partial charge in [-0.15, -0.1) is 11.8 Å². The van der Waals surface area contributed by atoms with E-state index in [1.807, 2.05) is 12.1 Å². The van der Waals surface area contributed by atoms with Crippen LogP contribution < -0.4 is 5.32 Å². The quantitative estimate of drug-likeness (QED) is 0.651. The van der Waals surface area contributed by atoms with Crippen LogP contribution in [-0.2, 0) is 10.5 Å². The number of amides is 1. The van der Waals surface area contributed by atoms with Crippen molar-refractivity contribution in [3.63, 3.8) is 0 Å². The Labute approximate surface area is 121 Å². The molecule has 1 amide bonds. The van der Waals surface area contributed by atoms with Gasteiger partial charge in [-0.1, -0.05) is 12.1 Å². The van der Waals surface area contributed by atoms with E-state index in [-0.39, 0.29) is 11.7 Å². The van der Waals surface area contributed by atoms with E-state index >= 15 is 0 Å². The topological polar surface area (TPSA) is 62.5 Å². The molecule has 0 saturated carbocycles. The Kier molecular flexibility index (Phi) is 4.90. The number of carbonyl (C=O) groups excluding carboxylic acids is 1. The molecule has 20 heavy (non-hydrogen) atoms. The van der Waals surface area contributed by atoms with Gasteiger partial charge in [0.25, 0.3) is 0 Å². The summed E-state index contributed by atoms with van der Waals surface area (Å²) in [5.74, 6) is 1.35. The number of phenols is 1. The number of carbonyl (C=O) groups is 1. The Bertz CT molecular complexity index is 606. The molecule has 0 bridgehead atoms. The second kappa shape index (κ2) is 6.86. The maximum atomic E-state index is 11.7. The monoisotopic (exact) mass is 289 g/mol. The molecule has 0 aliphatic heterocycles. The van der Waals surface area contributed by atoms with Crippen LogP contribution in [0.1, 0.15) is 11.3 Å². The third-order valence-electron chi connectivity index (χ3n) is 2.62. The van der Waals surface area contributed by atoms with Crippen molar-refractivity contribution in [1.29, 1.82) is 0 Å². The van der Waals surface area contributed by atoms with Gasteiger partial charge in [-0.3, -0.25) is 4.79 Å². The summed E-state index contributed by atoms with van der Waals surface area (Å²) in [5, 5.41) is 14.1. The number of phenolic OH excluding ortho intramolecular Hbond substituents is 1. The van der Waals surface area contributed by atoms with Crippen LogP contribution in [0.15, 0.2) is 52.5 Å². The van der Waals surface area contributed by atoms with E-state index in [1.54, 1.807) is 36.8 Å². The molecule has 104 valence electrons. The molecule has 0 fully saturated rings. The highest BCUT2D eigenvalue weighted by Crippen LogP contribution is 2.26. The fourth-order valence-electron chi connectivity index (χ4n) is 1.57. The lowest BCUT2D eigenvalue weighted by molar-refractivity contribution is -0.111. The van der Waals surface area contributed by atoms with Crippen molar-refractivity contribution in [3.05, 3.63) is 59.4 Å². The summed E-state index contributed by atoms with van der Waals surface area (Å²) >= 11 is 1.46. The highest BCUT2D eigenvalue weighted by Gasteiger charge is 2.05. The molecule has 0 spiro atoms. The zero-order valence-electron chi connectivity index (χ0n) is 11.0. The summed E-state index contributed by atoms with van der Waals surface area (Å²) in [6.07, 6.45) is 3.04. The molecule has 5 heteroatoms. The van der Waals surface area contributed by atoms with Gasteiger partial charge < -0.3 is 14.8 Å². The number of para-hydroxylation sites is 1. The molecule has 0 aliphatic rings. The molecular formula is C15H15NO3S. The molecule has 1 heterocycles. The van der Waals surface area contributed by atoms with E-state index in [0.717, 1.165) is 11.3 Å². The lowest BCUT2D eigenvalue weighted by Gasteiger charge is -2.06. The maximum Gasteiger partial charge on any atom is 0.248 e. The van der Waals surface area contributed by atoms with E-state index in [4.69, 9.17) is 4.42 Å². The number of thioether (sulfide) groups is 1. The molecule has 0 aliphatic carbocycles. The number of anilines is 1. The molecule has 1 aromatic heterocycles. The van der Waals surface area contributed by atoms with Crippen molar-refractivity contribution in [3.8, 4) is 5.75 Å². The van der Waals surface area contributed by atoms with Crippen LogP contribution in [0.25, 0.3) is 0 Å². The number of benzene rings is 1. The molecule has 0 atom stereocenters. The van der Waals surface area contributed by atoms with Gasteiger partial charge in [0.15, 0.2) is 0 Å². The molecule has 4 nitrogen and oxygen atoms in total. The largest absolute Gasteiger partial charge is 0.505 e. The average molecular weight is 289 g/mol. The van der Waals surface area contributed by atoms with Crippen molar-refractivity contribution < 1.29 is 14.3 Å². The first-order valence-corrected chi connectivity index (χ1v) is 7.12. The van der Waals surface area contributed by atoms with E-state index in [2.05, 4.69) is 5.32 Å². The van der Waals surface area contributed by atoms with Crippen LogP contribution >= 0.6 is 11.8 Å². The smallest absolute Gasteiger partial charge is 0.248 e. The van der Waals surface area contributed by atoms with Crippen molar-refractivity contribution in [2.45, 2.75) is 12.7 Å². The Morgan fingerprint density at radius 1 is 1.40 bits per heavy atom. The predicted molar refractivity (Wildman–Crippen MR) is 80.6 cm³/mol.